The summed E-state index contributed by atoms with van der Waals surface area (Å²) in [6.07, 6.45) is 0.725. The summed E-state index contributed by atoms with van der Waals surface area (Å²) in [5.74, 6) is 0. The molecule has 0 radical (unpaired) electrons. The molecule has 2 heterocycles. The van der Waals surface area contributed by atoms with Crippen molar-refractivity contribution in [3.8, 4) is 0 Å². The summed E-state index contributed by atoms with van der Waals surface area (Å²) in [4.78, 5) is 0.827. The summed E-state index contributed by atoms with van der Waals surface area (Å²) in [6, 6.07) is 3.09. The van der Waals surface area contributed by atoms with E-state index < -0.39 is 10.0 Å². The van der Waals surface area contributed by atoms with Crippen LogP contribution in [-0.2, 0) is 14.8 Å². The smallest absolute Gasteiger partial charge is 0.252 e. The van der Waals surface area contributed by atoms with Crippen molar-refractivity contribution in [1.29, 1.82) is 0 Å². The summed E-state index contributed by atoms with van der Waals surface area (Å²) in [5, 5.41) is 0. The summed E-state index contributed by atoms with van der Waals surface area (Å²) >= 11 is 5.93. The highest BCUT2D eigenvalue weighted by Crippen LogP contribution is 2.26. The molecule has 100 valence electrons. The molecule has 1 aliphatic heterocycles. The van der Waals surface area contributed by atoms with Gasteiger partial charge in [-0.3, -0.25) is 0 Å². The third-order valence-corrected chi connectivity index (χ3v) is 6.72. The number of nitrogens with two attached hydrogens (primary N) is 1. The van der Waals surface area contributed by atoms with Gasteiger partial charge in [0.2, 0.25) is 0 Å². The standard InChI is InChI=1S/C10H14N2O3S3/c1-12(7-4-5-15-6-7)18(13,14)9-3-2-8(17-9)10(11)16/h2-3,7H,4-6H2,1H3,(H2,11,16). The number of ether oxygens (including phenoxy) is 1. The van der Waals surface area contributed by atoms with Crippen molar-refractivity contribution in [1.82, 2.24) is 4.31 Å². The zero-order valence-corrected chi connectivity index (χ0v) is 12.3. The fourth-order valence-corrected chi connectivity index (χ4v) is 4.65. The van der Waals surface area contributed by atoms with Crippen LogP contribution in [0.15, 0.2) is 16.3 Å². The maximum Gasteiger partial charge on any atom is 0.252 e. The van der Waals surface area contributed by atoms with E-state index in [-0.39, 0.29) is 15.2 Å². The van der Waals surface area contributed by atoms with Gasteiger partial charge >= 0.3 is 0 Å². The highest BCUT2D eigenvalue weighted by molar-refractivity contribution is 7.91. The molecule has 18 heavy (non-hydrogen) atoms. The molecular formula is C10H14N2O3S3. The van der Waals surface area contributed by atoms with Crippen molar-refractivity contribution in [3.63, 3.8) is 0 Å². The first-order valence-corrected chi connectivity index (χ1v) is 8.05. The Morgan fingerprint density at radius 2 is 2.33 bits per heavy atom. The van der Waals surface area contributed by atoms with E-state index >= 15 is 0 Å². The Hall–Kier alpha value is -0.540. The Labute approximate surface area is 116 Å². The molecule has 0 amide bonds. The van der Waals surface area contributed by atoms with Gasteiger partial charge in [0.25, 0.3) is 10.0 Å². The first-order valence-electron chi connectivity index (χ1n) is 5.38. The molecule has 2 N–H and O–H groups in total. The average Bonchev–Trinajstić information content (AvgIpc) is 2.99. The minimum atomic E-state index is -3.48. The number of thiocarbonyl (C=S) groups is 1. The van der Waals surface area contributed by atoms with E-state index in [9.17, 15) is 8.42 Å². The fourth-order valence-electron chi connectivity index (χ4n) is 1.74. The number of hydrogen-bond donors (Lipinski definition) is 1. The molecule has 0 aliphatic carbocycles. The SMILES string of the molecule is CN(C1CCOC1)S(=O)(=O)c1ccc(C(N)=S)s1. The van der Waals surface area contributed by atoms with E-state index in [1.165, 1.54) is 4.31 Å². The number of hydrogen-bond acceptors (Lipinski definition) is 5. The Morgan fingerprint density at radius 3 is 2.83 bits per heavy atom. The van der Waals surface area contributed by atoms with Gasteiger partial charge in [0.1, 0.15) is 9.20 Å². The van der Waals surface area contributed by atoms with Crippen molar-refractivity contribution < 1.29 is 13.2 Å². The summed E-state index contributed by atoms with van der Waals surface area (Å²) in [6.45, 7) is 1.05. The van der Waals surface area contributed by atoms with E-state index in [0.717, 1.165) is 17.8 Å². The van der Waals surface area contributed by atoms with Gasteiger partial charge in [0, 0.05) is 13.7 Å². The van der Waals surface area contributed by atoms with Gasteiger partial charge in [-0.2, -0.15) is 4.31 Å². The molecule has 0 saturated carbocycles. The van der Waals surface area contributed by atoms with Crippen LogP contribution < -0.4 is 5.73 Å². The van der Waals surface area contributed by atoms with Gasteiger partial charge < -0.3 is 10.5 Å². The van der Waals surface area contributed by atoms with Crippen LogP contribution in [0.1, 0.15) is 11.3 Å². The van der Waals surface area contributed by atoms with Crippen LogP contribution in [0.2, 0.25) is 0 Å². The maximum atomic E-state index is 12.4. The summed E-state index contributed by atoms with van der Waals surface area (Å²) in [7, 11) is -1.90. The number of likely N-dealkylation sites (N-methyl/N-ethyl adjacent to an activating group) is 1. The lowest BCUT2D eigenvalue weighted by atomic mass is 10.3. The van der Waals surface area contributed by atoms with Gasteiger partial charge in [0.15, 0.2) is 0 Å². The van der Waals surface area contributed by atoms with E-state index in [4.69, 9.17) is 22.7 Å². The van der Waals surface area contributed by atoms with Crippen molar-refractivity contribution in [3.05, 3.63) is 17.0 Å². The number of rotatable bonds is 4. The third-order valence-electron chi connectivity index (χ3n) is 2.88. The molecule has 1 saturated heterocycles. The van der Waals surface area contributed by atoms with Gasteiger partial charge in [-0.05, 0) is 18.6 Å². The van der Waals surface area contributed by atoms with Crippen molar-refractivity contribution in [2.24, 2.45) is 5.73 Å². The quantitative estimate of drug-likeness (QED) is 0.833. The third kappa shape index (κ3) is 2.57. The maximum absolute atomic E-state index is 12.4. The van der Waals surface area contributed by atoms with Gasteiger partial charge in [-0.25, -0.2) is 8.42 Å². The zero-order valence-electron chi connectivity index (χ0n) is 9.83. The summed E-state index contributed by atoms with van der Waals surface area (Å²) < 4.78 is 31.5. The molecule has 0 spiro atoms. The molecule has 1 atom stereocenters. The highest BCUT2D eigenvalue weighted by atomic mass is 32.2. The first-order chi connectivity index (χ1) is 8.43. The van der Waals surface area contributed by atoms with Crippen LogP contribution in [-0.4, -0.2) is 44.0 Å². The van der Waals surface area contributed by atoms with E-state index in [0.29, 0.717) is 18.1 Å². The van der Waals surface area contributed by atoms with Crippen molar-refractivity contribution in [2.75, 3.05) is 20.3 Å². The monoisotopic (exact) mass is 306 g/mol. The van der Waals surface area contributed by atoms with Gasteiger partial charge in [-0.1, -0.05) is 12.2 Å². The molecule has 0 aromatic carbocycles. The van der Waals surface area contributed by atoms with Crippen molar-refractivity contribution >= 4 is 38.6 Å². The van der Waals surface area contributed by atoms with E-state index in [1.54, 1.807) is 19.2 Å². The Kier molecular flexibility index (Phi) is 4.02. The minimum Gasteiger partial charge on any atom is -0.389 e. The number of nitrogens with zero attached hydrogens (tertiary/aromatic N) is 1. The van der Waals surface area contributed by atoms with Gasteiger partial charge in [0.05, 0.1) is 17.5 Å². The van der Waals surface area contributed by atoms with Crippen LogP contribution in [0.4, 0.5) is 0 Å². The normalized spacial score (nSPS) is 20.4. The molecule has 1 aromatic heterocycles. The first kappa shape index (κ1) is 13.9. The van der Waals surface area contributed by atoms with Gasteiger partial charge in [-0.15, -0.1) is 11.3 Å². The Morgan fingerprint density at radius 1 is 1.61 bits per heavy atom. The highest BCUT2D eigenvalue weighted by Gasteiger charge is 2.31. The van der Waals surface area contributed by atoms with Crippen LogP contribution >= 0.6 is 23.6 Å². The average molecular weight is 306 g/mol. The predicted octanol–water partition coefficient (Wildman–Crippen LogP) is 0.792. The molecule has 8 heteroatoms. The molecular weight excluding hydrogens is 292 g/mol. The Balaban J connectivity index is 2.26. The topological polar surface area (TPSA) is 72.6 Å². The molecule has 1 fully saturated rings. The predicted molar refractivity (Wildman–Crippen MR) is 74.4 cm³/mol. The lowest BCUT2D eigenvalue weighted by Crippen LogP contribution is -2.36. The van der Waals surface area contributed by atoms with Crippen molar-refractivity contribution in [2.45, 2.75) is 16.7 Å². The number of sulfonamides is 1. The fraction of sp³-hybridized carbons (Fsp3) is 0.500. The molecule has 2 rings (SSSR count). The van der Waals surface area contributed by atoms with Crippen LogP contribution in [0.5, 0.6) is 0 Å². The lowest BCUT2D eigenvalue weighted by molar-refractivity contribution is 0.181. The van der Waals surface area contributed by atoms with Crippen LogP contribution in [0.3, 0.4) is 0 Å². The molecule has 1 aliphatic rings. The van der Waals surface area contributed by atoms with E-state index in [2.05, 4.69) is 0 Å². The molecule has 5 nitrogen and oxygen atoms in total. The second kappa shape index (κ2) is 5.22. The number of thiophene rings is 1. The van der Waals surface area contributed by atoms with E-state index in [1.807, 2.05) is 0 Å². The lowest BCUT2D eigenvalue weighted by Gasteiger charge is -2.21. The minimum absolute atomic E-state index is 0.0922. The molecule has 0 bridgehead atoms. The van der Waals surface area contributed by atoms with Crippen LogP contribution in [0, 0.1) is 0 Å². The molecule has 1 unspecified atom stereocenters. The van der Waals surface area contributed by atoms with Crippen LogP contribution in [0.25, 0.3) is 0 Å². The second-order valence-corrected chi connectivity index (χ2v) is 7.77. The Bertz CT molecular complexity index is 546. The second-order valence-electron chi connectivity index (χ2n) is 4.02. The zero-order chi connectivity index (χ0) is 13.3. The largest absolute Gasteiger partial charge is 0.389 e. The molecule has 1 aromatic rings. The summed E-state index contributed by atoms with van der Waals surface area (Å²) in [5.41, 5.74) is 5.48.